The zero-order chi connectivity index (χ0) is 23.5. The number of fused-ring (bicyclic) bond motifs is 1. The number of carbonyl (C=O) groups excluding carboxylic acids is 1. The van der Waals surface area contributed by atoms with Crippen LogP contribution in [0, 0.1) is 20.3 Å². The second-order valence-electron chi connectivity index (χ2n) is 6.96. The molecule has 0 radical (unpaired) electrons. The molecule has 0 saturated heterocycles. The number of nitriles is 1. The lowest BCUT2D eigenvalue weighted by Gasteiger charge is -2.20. The molecule has 2 aromatic carbocycles. The van der Waals surface area contributed by atoms with Crippen molar-refractivity contribution in [2.75, 3.05) is 7.11 Å². The largest absolute Gasteiger partial charge is 0.493 e. The van der Waals surface area contributed by atoms with E-state index in [1.807, 2.05) is 25.1 Å². The standard InChI is InChI=1S/C23H18IN5O3S/c1-3-19-28-29-21(26)16(22(30)27-23(29)33-19)8-13-9-17(24)20(18(10-13)31-2)32-12-15-7-5-4-6-14(15)11-25/h4-10,26H,3,12H2,1-2H3/b16-8+,26-21?. The predicted molar refractivity (Wildman–Crippen MR) is 137 cm³/mol. The monoisotopic (exact) mass is 571 g/mol. The van der Waals surface area contributed by atoms with Gasteiger partial charge in [-0.25, -0.2) is 0 Å². The fourth-order valence-corrected chi connectivity index (χ4v) is 4.82. The van der Waals surface area contributed by atoms with Gasteiger partial charge in [0, 0.05) is 5.56 Å². The lowest BCUT2D eigenvalue weighted by atomic mass is 10.1. The third kappa shape index (κ3) is 4.65. The number of rotatable bonds is 6. The number of nitrogens with one attached hydrogen (secondary N) is 1. The van der Waals surface area contributed by atoms with Crippen molar-refractivity contribution < 1.29 is 14.3 Å². The van der Waals surface area contributed by atoms with Crippen molar-refractivity contribution >= 4 is 62.4 Å². The average Bonchev–Trinajstić information content (AvgIpc) is 3.24. The van der Waals surface area contributed by atoms with Gasteiger partial charge in [0.25, 0.3) is 5.91 Å². The molecule has 0 unspecified atom stereocenters. The molecule has 0 bridgehead atoms. The Bertz CT molecular complexity index is 1300. The summed E-state index contributed by atoms with van der Waals surface area (Å²) >= 11 is 3.44. The number of amides is 1. The van der Waals surface area contributed by atoms with Crippen LogP contribution in [0.5, 0.6) is 11.5 Å². The van der Waals surface area contributed by atoms with Gasteiger partial charge in [-0.3, -0.25) is 10.2 Å². The van der Waals surface area contributed by atoms with Crippen LogP contribution >= 0.6 is 34.4 Å². The molecule has 2 aromatic rings. The van der Waals surface area contributed by atoms with Gasteiger partial charge in [-0.1, -0.05) is 25.1 Å². The molecule has 0 aromatic heterocycles. The molecule has 0 aliphatic carbocycles. The lowest BCUT2D eigenvalue weighted by molar-refractivity contribution is -0.114. The quantitative estimate of drug-likeness (QED) is 0.395. The summed E-state index contributed by atoms with van der Waals surface area (Å²) in [6.45, 7) is 2.17. The van der Waals surface area contributed by atoms with Gasteiger partial charge < -0.3 is 9.47 Å². The number of ether oxygens (including phenoxy) is 2. The predicted octanol–water partition coefficient (Wildman–Crippen LogP) is 4.78. The highest BCUT2D eigenvalue weighted by Gasteiger charge is 2.35. The highest BCUT2D eigenvalue weighted by molar-refractivity contribution is 14.1. The first-order valence-electron chi connectivity index (χ1n) is 9.92. The molecular weight excluding hydrogens is 553 g/mol. The minimum atomic E-state index is -0.478. The minimum Gasteiger partial charge on any atom is -0.493 e. The van der Waals surface area contributed by atoms with Crippen LogP contribution in [0.4, 0.5) is 0 Å². The maximum atomic E-state index is 12.6. The Kier molecular flexibility index (Phi) is 6.80. The molecule has 8 nitrogen and oxygen atoms in total. The van der Waals surface area contributed by atoms with E-state index in [1.165, 1.54) is 23.9 Å². The smallest absolute Gasteiger partial charge is 0.283 e. The van der Waals surface area contributed by atoms with Crippen molar-refractivity contribution in [2.24, 2.45) is 10.1 Å². The SMILES string of the molecule is CCC1=NN2C(=N)/C(=C\c3cc(I)c(OCc4ccccc4C#N)c(OC)c3)C(=O)N=C2S1. The molecule has 1 N–H and O–H groups in total. The van der Waals surface area contributed by atoms with E-state index < -0.39 is 5.91 Å². The number of carbonyl (C=O) groups is 1. The highest BCUT2D eigenvalue weighted by Crippen LogP contribution is 2.36. The summed E-state index contributed by atoms with van der Waals surface area (Å²) < 4.78 is 12.3. The van der Waals surface area contributed by atoms with Crippen LogP contribution in [-0.2, 0) is 11.4 Å². The summed E-state index contributed by atoms with van der Waals surface area (Å²) in [7, 11) is 1.53. The summed E-state index contributed by atoms with van der Waals surface area (Å²) in [5.74, 6) is 0.522. The van der Waals surface area contributed by atoms with E-state index in [9.17, 15) is 10.1 Å². The Labute approximate surface area is 208 Å². The maximum Gasteiger partial charge on any atom is 0.283 e. The third-order valence-electron chi connectivity index (χ3n) is 4.87. The zero-order valence-corrected chi connectivity index (χ0v) is 20.7. The number of benzene rings is 2. The van der Waals surface area contributed by atoms with E-state index >= 15 is 0 Å². The summed E-state index contributed by atoms with van der Waals surface area (Å²) in [5, 5.41) is 24.7. The van der Waals surface area contributed by atoms with Crippen LogP contribution in [0.1, 0.15) is 30.0 Å². The normalized spacial score (nSPS) is 16.3. The highest BCUT2D eigenvalue weighted by atomic mass is 127. The number of halogens is 1. The molecule has 10 heteroatoms. The first-order valence-corrected chi connectivity index (χ1v) is 11.8. The Morgan fingerprint density at radius 2 is 2.12 bits per heavy atom. The molecule has 0 fully saturated rings. The number of amidine groups is 2. The van der Waals surface area contributed by atoms with Crippen LogP contribution in [0.3, 0.4) is 0 Å². The summed E-state index contributed by atoms with van der Waals surface area (Å²) in [4.78, 5) is 16.7. The Morgan fingerprint density at radius 1 is 1.33 bits per heavy atom. The van der Waals surface area contributed by atoms with Gasteiger partial charge in [0.2, 0.25) is 5.17 Å². The zero-order valence-electron chi connectivity index (χ0n) is 17.8. The van der Waals surface area contributed by atoms with E-state index in [-0.39, 0.29) is 18.0 Å². The number of hydrogen-bond donors (Lipinski definition) is 1. The second kappa shape index (κ2) is 9.76. The molecule has 33 heavy (non-hydrogen) atoms. The van der Waals surface area contributed by atoms with Crippen LogP contribution in [0.15, 0.2) is 52.1 Å². The number of methoxy groups -OCH3 is 1. The summed E-state index contributed by atoms with van der Waals surface area (Å²) in [5.41, 5.74) is 2.14. The molecule has 1 amide bonds. The molecular formula is C23H18IN5O3S. The Morgan fingerprint density at radius 3 is 2.85 bits per heavy atom. The van der Waals surface area contributed by atoms with Crippen LogP contribution in [0.2, 0.25) is 0 Å². The lowest BCUT2D eigenvalue weighted by Crippen LogP contribution is -2.35. The van der Waals surface area contributed by atoms with Crippen LogP contribution < -0.4 is 9.47 Å². The van der Waals surface area contributed by atoms with Gasteiger partial charge in [0.05, 0.1) is 27.9 Å². The van der Waals surface area contributed by atoms with Crippen molar-refractivity contribution in [1.82, 2.24) is 5.01 Å². The molecule has 0 spiro atoms. The van der Waals surface area contributed by atoms with Gasteiger partial charge in [-0.2, -0.15) is 20.4 Å². The summed E-state index contributed by atoms with van der Waals surface area (Å²) in [6.07, 6.45) is 2.31. The van der Waals surface area contributed by atoms with E-state index in [2.05, 4.69) is 38.8 Å². The molecule has 2 aliphatic rings. The number of hydrogen-bond acceptors (Lipinski definition) is 7. The number of aliphatic imine (C=N–C) groups is 1. The van der Waals surface area contributed by atoms with Crippen molar-refractivity contribution in [3.8, 4) is 17.6 Å². The Balaban J connectivity index is 1.62. The van der Waals surface area contributed by atoms with Gasteiger partial charge in [-0.05, 0) is 70.6 Å². The van der Waals surface area contributed by atoms with E-state index in [0.717, 1.165) is 14.2 Å². The first kappa shape index (κ1) is 23.0. The van der Waals surface area contributed by atoms with Crippen LogP contribution in [-0.4, -0.2) is 34.1 Å². The summed E-state index contributed by atoms with van der Waals surface area (Å²) in [6, 6.07) is 13.0. The fourth-order valence-electron chi connectivity index (χ4n) is 3.21. The first-order chi connectivity index (χ1) is 15.9. The van der Waals surface area contributed by atoms with Gasteiger partial charge in [0.15, 0.2) is 17.3 Å². The molecule has 2 heterocycles. The van der Waals surface area contributed by atoms with Crippen molar-refractivity contribution in [3.63, 3.8) is 0 Å². The Hall–Kier alpha value is -3.17. The third-order valence-corrected chi connectivity index (χ3v) is 6.73. The van der Waals surface area contributed by atoms with Crippen molar-refractivity contribution in [1.29, 1.82) is 10.7 Å². The maximum absolute atomic E-state index is 12.6. The van der Waals surface area contributed by atoms with E-state index in [0.29, 0.717) is 34.2 Å². The molecule has 166 valence electrons. The fraction of sp³-hybridized carbons (Fsp3) is 0.174. The number of nitrogens with zero attached hydrogens (tertiary/aromatic N) is 4. The van der Waals surface area contributed by atoms with Gasteiger partial charge in [-0.15, -0.1) is 0 Å². The van der Waals surface area contributed by atoms with Crippen LogP contribution in [0.25, 0.3) is 6.08 Å². The van der Waals surface area contributed by atoms with Gasteiger partial charge in [0.1, 0.15) is 11.7 Å². The molecule has 0 atom stereocenters. The number of hydrazone groups is 1. The second-order valence-corrected chi connectivity index (χ2v) is 9.16. The van der Waals surface area contributed by atoms with Crippen molar-refractivity contribution in [3.05, 3.63) is 62.2 Å². The van der Waals surface area contributed by atoms with Crippen molar-refractivity contribution in [2.45, 2.75) is 20.0 Å². The van der Waals surface area contributed by atoms with Gasteiger partial charge >= 0.3 is 0 Å². The van der Waals surface area contributed by atoms with E-state index in [1.54, 1.807) is 24.3 Å². The topological polar surface area (TPSA) is 111 Å². The molecule has 0 saturated carbocycles. The minimum absolute atomic E-state index is 0.0108. The molecule has 4 rings (SSSR count). The number of thioether (sulfide) groups is 1. The average molecular weight is 571 g/mol. The molecule has 2 aliphatic heterocycles. The van der Waals surface area contributed by atoms with E-state index in [4.69, 9.17) is 14.9 Å².